The molecule has 0 spiro atoms. The van der Waals surface area contributed by atoms with Gasteiger partial charge in [-0.25, -0.2) is 0 Å². The Hall–Kier alpha value is -3.45. The van der Waals surface area contributed by atoms with Gasteiger partial charge in [-0.05, 0) is 75.7 Å². The summed E-state index contributed by atoms with van der Waals surface area (Å²) in [7, 11) is 0. The Bertz CT molecular complexity index is 1620. The second kappa shape index (κ2) is 9.78. The van der Waals surface area contributed by atoms with Gasteiger partial charge in [-0.1, -0.05) is 66.7 Å². The van der Waals surface area contributed by atoms with E-state index in [1.165, 1.54) is 37.9 Å². The predicted molar refractivity (Wildman–Crippen MR) is 152 cm³/mol. The lowest BCUT2D eigenvalue weighted by Gasteiger charge is -2.06. The summed E-state index contributed by atoms with van der Waals surface area (Å²) in [5, 5.41) is 2.09. The molecule has 6 heteroatoms. The van der Waals surface area contributed by atoms with E-state index in [-0.39, 0.29) is 0 Å². The van der Waals surface area contributed by atoms with E-state index >= 15 is 0 Å². The van der Waals surface area contributed by atoms with E-state index in [1.54, 1.807) is 34.0 Å². The molecule has 0 aliphatic heterocycles. The van der Waals surface area contributed by atoms with Crippen molar-refractivity contribution < 1.29 is 13.2 Å². The summed E-state index contributed by atoms with van der Waals surface area (Å²) in [6, 6.07) is 35.0. The van der Waals surface area contributed by atoms with Gasteiger partial charge < -0.3 is 0 Å². The maximum Gasteiger partial charge on any atom is 0.416 e. The maximum atomic E-state index is 12.9. The predicted octanol–water partition coefficient (Wildman–Crippen LogP) is 11.2. The number of halogens is 3. The third kappa shape index (κ3) is 5.05. The highest BCUT2D eigenvalue weighted by Gasteiger charge is 2.30. The fraction of sp³-hybridized carbons (Fsp3) is 0.0323. The molecule has 0 aliphatic rings. The smallest absolute Gasteiger partial charge is 0.166 e. The Morgan fingerprint density at radius 1 is 0.405 bits per heavy atom. The number of hydrogen-bond donors (Lipinski definition) is 0. The Kier molecular flexibility index (Phi) is 6.32. The number of benzene rings is 3. The summed E-state index contributed by atoms with van der Waals surface area (Å²) >= 11 is 5.10. The molecule has 0 fully saturated rings. The molecule has 0 atom stereocenters. The van der Waals surface area contributed by atoms with Crippen molar-refractivity contribution in [1.29, 1.82) is 0 Å². The van der Waals surface area contributed by atoms with Crippen LogP contribution in [0.25, 0.3) is 52.2 Å². The van der Waals surface area contributed by atoms with E-state index in [1.807, 2.05) is 12.1 Å². The zero-order valence-corrected chi connectivity index (χ0v) is 21.8. The van der Waals surface area contributed by atoms with Gasteiger partial charge in [0.15, 0.2) is 0 Å². The Morgan fingerprint density at radius 2 is 0.757 bits per heavy atom. The molecule has 0 aliphatic carbocycles. The van der Waals surface area contributed by atoms with E-state index in [2.05, 4.69) is 78.2 Å². The first-order chi connectivity index (χ1) is 17.9. The van der Waals surface area contributed by atoms with E-state index in [9.17, 15) is 13.2 Å². The van der Waals surface area contributed by atoms with Crippen molar-refractivity contribution in [2.45, 2.75) is 6.18 Å². The summed E-state index contributed by atoms with van der Waals surface area (Å²) in [6.07, 6.45) is -4.32. The second-order valence-corrected chi connectivity index (χ2v) is 11.7. The molecule has 6 aromatic rings. The van der Waals surface area contributed by atoms with Crippen LogP contribution in [0.3, 0.4) is 0 Å². The van der Waals surface area contributed by atoms with E-state index in [4.69, 9.17) is 0 Å². The van der Waals surface area contributed by atoms with Gasteiger partial charge in [0, 0.05) is 24.4 Å². The van der Waals surface area contributed by atoms with E-state index in [0.29, 0.717) is 0 Å². The SMILES string of the molecule is FC(F)(F)c1ccc(-c2ccc(-c3ccc(-c4ccc(-c5ccc(-c6cccs6)cc5)s4)cc3)s2)cc1. The minimum absolute atomic E-state index is 0.629. The highest BCUT2D eigenvalue weighted by molar-refractivity contribution is 7.19. The Morgan fingerprint density at radius 3 is 1.08 bits per heavy atom. The minimum atomic E-state index is -4.32. The molecule has 0 saturated heterocycles. The average Bonchev–Trinajstić information content (AvgIpc) is 3.71. The van der Waals surface area contributed by atoms with Crippen molar-refractivity contribution in [2.24, 2.45) is 0 Å². The molecule has 0 radical (unpaired) electrons. The lowest BCUT2D eigenvalue weighted by atomic mass is 10.1. The molecule has 6 rings (SSSR count). The van der Waals surface area contributed by atoms with Crippen LogP contribution in [0.4, 0.5) is 13.2 Å². The van der Waals surface area contributed by atoms with Crippen molar-refractivity contribution >= 4 is 34.0 Å². The van der Waals surface area contributed by atoms with Crippen LogP contribution in [-0.2, 0) is 6.18 Å². The van der Waals surface area contributed by atoms with Gasteiger partial charge in [0.1, 0.15) is 0 Å². The summed E-state index contributed by atoms with van der Waals surface area (Å²) in [4.78, 5) is 5.74. The van der Waals surface area contributed by atoms with Crippen LogP contribution in [0.2, 0.25) is 0 Å². The van der Waals surface area contributed by atoms with Gasteiger partial charge in [0.25, 0.3) is 0 Å². The second-order valence-electron chi connectivity index (χ2n) is 8.53. The Balaban J connectivity index is 1.18. The van der Waals surface area contributed by atoms with Crippen LogP contribution < -0.4 is 0 Å². The van der Waals surface area contributed by atoms with Crippen molar-refractivity contribution in [3.05, 3.63) is 120 Å². The van der Waals surface area contributed by atoms with Crippen molar-refractivity contribution in [3.63, 3.8) is 0 Å². The molecular formula is C31H19F3S3. The standard InChI is InChI=1S/C31H19F3S3/c32-31(33,34)25-13-11-24(12-14-25)30-18-17-29(37-30)23-9-7-22(8-10-23)28-16-15-27(36-28)21-5-3-20(4-6-21)26-2-1-19-35-26/h1-19H. The van der Waals surface area contributed by atoms with Crippen LogP contribution in [0.5, 0.6) is 0 Å². The lowest BCUT2D eigenvalue weighted by molar-refractivity contribution is -0.137. The van der Waals surface area contributed by atoms with E-state index in [0.717, 1.165) is 38.6 Å². The maximum absolute atomic E-state index is 12.9. The molecule has 0 N–H and O–H groups in total. The molecule has 0 nitrogen and oxygen atoms in total. The molecule has 37 heavy (non-hydrogen) atoms. The molecule has 0 saturated carbocycles. The fourth-order valence-corrected chi connectivity index (χ4v) is 6.93. The molecule has 0 bridgehead atoms. The largest absolute Gasteiger partial charge is 0.416 e. The van der Waals surface area contributed by atoms with Gasteiger partial charge in [-0.15, -0.1) is 34.0 Å². The first-order valence-corrected chi connectivity index (χ1v) is 14.1. The van der Waals surface area contributed by atoms with Crippen LogP contribution in [0.15, 0.2) is 115 Å². The number of hydrogen-bond acceptors (Lipinski definition) is 3. The average molecular weight is 545 g/mol. The molecular weight excluding hydrogens is 526 g/mol. The topological polar surface area (TPSA) is 0 Å². The van der Waals surface area contributed by atoms with Crippen molar-refractivity contribution in [1.82, 2.24) is 0 Å². The number of thiophene rings is 3. The normalized spacial score (nSPS) is 11.6. The van der Waals surface area contributed by atoms with E-state index < -0.39 is 11.7 Å². The summed E-state index contributed by atoms with van der Waals surface area (Å²) in [5.41, 5.74) is 4.86. The zero-order valence-electron chi connectivity index (χ0n) is 19.3. The highest BCUT2D eigenvalue weighted by Crippen LogP contribution is 2.39. The Labute approximate surface area is 224 Å². The minimum Gasteiger partial charge on any atom is -0.166 e. The van der Waals surface area contributed by atoms with Gasteiger partial charge in [0.05, 0.1) is 5.56 Å². The van der Waals surface area contributed by atoms with Gasteiger partial charge in [-0.2, -0.15) is 13.2 Å². The molecule has 3 aromatic heterocycles. The van der Waals surface area contributed by atoms with Crippen LogP contribution >= 0.6 is 34.0 Å². The quantitative estimate of drug-likeness (QED) is 0.202. The fourth-order valence-electron chi connectivity index (χ4n) is 4.16. The lowest BCUT2D eigenvalue weighted by Crippen LogP contribution is -2.03. The van der Waals surface area contributed by atoms with Crippen molar-refractivity contribution in [2.75, 3.05) is 0 Å². The first kappa shape index (κ1) is 23.9. The molecule has 182 valence electrons. The van der Waals surface area contributed by atoms with Gasteiger partial charge in [0.2, 0.25) is 0 Å². The third-order valence-electron chi connectivity index (χ3n) is 6.14. The summed E-state index contributed by atoms with van der Waals surface area (Å²) in [5.74, 6) is 0. The van der Waals surface area contributed by atoms with Gasteiger partial charge >= 0.3 is 6.18 Å². The summed E-state index contributed by atoms with van der Waals surface area (Å²) in [6.45, 7) is 0. The first-order valence-electron chi connectivity index (χ1n) is 11.6. The summed E-state index contributed by atoms with van der Waals surface area (Å²) < 4.78 is 38.6. The zero-order chi connectivity index (χ0) is 25.4. The van der Waals surface area contributed by atoms with Crippen LogP contribution in [0, 0.1) is 0 Å². The third-order valence-corrected chi connectivity index (χ3v) is 9.42. The van der Waals surface area contributed by atoms with Crippen LogP contribution in [0.1, 0.15) is 5.56 Å². The highest BCUT2D eigenvalue weighted by atomic mass is 32.1. The monoisotopic (exact) mass is 544 g/mol. The van der Waals surface area contributed by atoms with Gasteiger partial charge in [-0.3, -0.25) is 0 Å². The molecule has 3 aromatic carbocycles. The number of rotatable bonds is 5. The van der Waals surface area contributed by atoms with Crippen molar-refractivity contribution in [3.8, 4) is 52.2 Å². The molecule has 3 heterocycles. The molecule has 0 amide bonds. The molecule has 0 unspecified atom stereocenters. The number of alkyl halides is 3. The van der Waals surface area contributed by atoms with Crippen LogP contribution in [-0.4, -0.2) is 0 Å².